The van der Waals surface area contributed by atoms with Crippen molar-refractivity contribution in [2.75, 3.05) is 18.5 Å². The van der Waals surface area contributed by atoms with Crippen molar-refractivity contribution in [3.63, 3.8) is 0 Å². The number of carbonyl (C=O) groups excluding carboxylic acids is 1. The Morgan fingerprint density at radius 2 is 1.34 bits per heavy atom. The van der Waals surface area contributed by atoms with Crippen LogP contribution in [-0.2, 0) is 10.0 Å². The third-order valence-electron chi connectivity index (χ3n) is 4.38. The van der Waals surface area contributed by atoms with Crippen LogP contribution in [0.2, 0.25) is 0 Å². The Hall–Kier alpha value is -3.32. The highest BCUT2D eigenvalue weighted by Crippen LogP contribution is 2.34. The summed E-state index contributed by atoms with van der Waals surface area (Å²) in [7, 11) is -1.37. The SMILES string of the molecule is COc1cccc(OC)c1C(=O)N(c1ccc(C)cc1)S(=O)(=O)c1ccccc1. The molecular formula is C22H21NO5S. The zero-order chi connectivity index (χ0) is 21.0. The van der Waals surface area contributed by atoms with Gasteiger partial charge >= 0.3 is 0 Å². The highest BCUT2D eigenvalue weighted by Gasteiger charge is 2.35. The Bertz CT molecular complexity index is 1090. The maximum Gasteiger partial charge on any atom is 0.279 e. The van der Waals surface area contributed by atoms with Crippen LogP contribution in [0.25, 0.3) is 0 Å². The summed E-state index contributed by atoms with van der Waals surface area (Å²) in [6.07, 6.45) is 0. The van der Waals surface area contributed by atoms with Gasteiger partial charge in [0.1, 0.15) is 17.1 Å². The van der Waals surface area contributed by atoms with Gasteiger partial charge in [0.25, 0.3) is 15.9 Å². The zero-order valence-electron chi connectivity index (χ0n) is 16.3. The second kappa shape index (κ2) is 8.36. The largest absolute Gasteiger partial charge is 0.496 e. The first kappa shape index (κ1) is 20.4. The van der Waals surface area contributed by atoms with Crippen molar-refractivity contribution < 1.29 is 22.7 Å². The molecule has 0 spiro atoms. The minimum Gasteiger partial charge on any atom is -0.496 e. The van der Waals surface area contributed by atoms with Gasteiger partial charge in [0.05, 0.1) is 24.8 Å². The van der Waals surface area contributed by atoms with Gasteiger partial charge in [-0.25, -0.2) is 8.42 Å². The van der Waals surface area contributed by atoms with Gasteiger partial charge in [-0.3, -0.25) is 4.79 Å². The van der Waals surface area contributed by atoms with Gasteiger partial charge in [0.15, 0.2) is 0 Å². The molecule has 150 valence electrons. The van der Waals surface area contributed by atoms with Gasteiger partial charge < -0.3 is 9.47 Å². The van der Waals surface area contributed by atoms with Gasteiger partial charge in [-0.2, -0.15) is 4.31 Å². The lowest BCUT2D eigenvalue weighted by Crippen LogP contribution is -2.37. The first-order valence-corrected chi connectivity index (χ1v) is 10.3. The van der Waals surface area contributed by atoms with Crippen LogP contribution in [0.15, 0.2) is 77.7 Å². The highest BCUT2D eigenvalue weighted by molar-refractivity contribution is 7.93. The van der Waals surface area contributed by atoms with Crippen molar-refractivity contribution in [1.82, 2.24) is 0 Å². The van der Waals surface area contributed by atoms with Crippen LogP contribution >= 0.6 is 0 Å². The van der Waals surface area contributed by atoms with E-state index >= 15 is 0 Å². The van der Waals surface area contributed by atoms with Crippen LogP contribution in [0.4, 0.5) is 5.69 Å². The van der Waals surface area contributed by atoms with E-state index in [2.05, 4.69) is 0 Å². The van der Waals surface area contributed by atoms with Gasteiger partial charge in [0.2, 0.25) is 0 Å². The van der Waals surface area contributed by atoms with Gasteiger partial charge in [-0.05, 0) is 43.3 Å². The number of ether oxygens (including phenoxy) is 2. The van der Waals surface area contributed by atoms with E-state index in [4.69, 9.17) is 9.47 Å². The number of amides is 1. The number of benzene rings is 3. The van der Waals surface area contributed by atoms with Gasteiger partial charge in [-0.15, -0.1) is 0 Å². The van der Waals surface area contributed by atoms with E-state index < -0.39 is 15.9 Å². The fourth-order valence-electron chi connectivity index (χ4n) is 2.91. The lowest BCUT2D eigenvalue weighted by molar-refractivity contribution is 0.0999. The Balaban J connectivity index is 2.25. The number of hydrogen-bond donors (Lipinski definition) is 0. The summed E-state index contributed by atoms with van der Waals surface area (Å²) >= 11 is 0. The average Bonchev–Trinajstić information content (AvgIpc) is 2.75. The van der Waals surface area contributed by atoms with Crippen LogP contribution in [0.5, 0.6) is 11.5 Å². The van der Waals surface area contributed by atoms with Crippen molar-refractivity contribution in [3.05, 3.63) is 83.9 Å². The molecule has 0 heterocycles. The topological polar surface area (TPSA) is 72.9 Å². The molecule has 0 bridgehead atoms. The maximum absolute atomic E-state index is 13.6. The van der Waals surface area contributed by atoms with Crippen LogP contribution < -0.4 is 13.8 Å². The molecule has 0 saturated carbocycles. The van der Waals surface area contributed by atoms with E-state index in [1.807, 2.05) is 6.92 Å². The summed E-state index contributed by atoms with van der Waals surface area (Å²) in [5, 5.41) is 0. The molecule has 0 N–H and O–H groups in total. The maximum atomic E-state index is 13.6. The minimum absolute atomic E-state index is 0.00258. The minimum atomic E-state index is -4.19. The quantitative estimate of drug-likeness (QED) is 0.612. The summed E-state index contributed by atoms with van der Waals surface area (Å²) in [6.45, 7) is 1.88. The summed E-state index contributed by atoms with van der Waals surface area (Å²) < 4.78 is 38.3. The van der Waals surface area contributed by atoms with E-state index in [0.717, 1.165) is 9.87 Å². The Labute approximate surface area is 170 Å². The molecular weight excluding hydrogens is 390 g/mol. The molecule has 29 heavy (non-hydrogen) atoms. The van der Waals surface area contributed by atoms with Crippen molar-refractivity contribution in [1.29, 1.82) is 0 Å². The number of nitrogens with zero attached hydrogens (tertiary/aromatic N) is 1. The number of anilines is 1. The fraction of sp³-hybridized carbons (Fsp3) is 0.136. The third-order valence-corrected chi connectivity index (χ3v) is 6.10. The first-order valence-electron chi connectivity index (χ1n) is 8.82. The Morgan fingerprint density at radius 3 is 1.86 bits per heavy atom. The van der Waals surface area contributed by atoms with E-state index in [0.29, 0.717) is 0 Å². The van der Waals surface area contributed by atoms with Crippen LogP contribution in [0.1, 0.15) is 15.9 Å². The van der Waals surface area contributed by atoms with E-state index in [9.17, 15) is 13.2 Å². The number of sulfonamides is 1. The highest BCUT2D eigenvalue weighted by atomic mass is 32.2. The number of rotatable bonds is 6. The monoisotopic (exact) mass is 411 g/mol. The second-order valence-corrected chi connectivity index (χ2v) is 8.05. The number of methoxy groups -OCH3 is 2. The van der Waals surface area contributed by atoms with Gasteiger partial charge in [-0.1, -0.05) is 42.0 Å². The lowest BCUT2D eigenvalue weighted by atomic mass is 10.1. The van der Waals surface area contributed by atoms with Gasteiger partial charge in [0, 0.05) is 0 Å². The molecule has 0 aliphatic rings. The van der Waals surface area contributed by atoms with Crippen molar-refractivity contribution in [3.8, 4) is 11.5 Å². The van der Waals surface area contributed by atoms with E-state index in [-0.39, 0.29) is 27.6 Å². The van der Waals surface area contributed by atoms with Crippen molar-refractivity contribution >= 4 is 21.6 Å². The standard InChI is InChI=1S/C22H21NO5S/c1-16-12-14-17(15-13-16)23(29(25,26)18-8-5-4-6-9-18)22(24)21-19(27-2)10-7-11-20(21)28-3/h4-15H,1-3H3. The number of hydrogen-bond acceptors (Lipinski definition) is 5. The zero-order valence-corrected chi connectivity index (χ0v) is 17.1. The lowest BCUT2D eigenvalue weighted by Gasteiger charge is -2.24. The predicted octanol–water partition coefficient (Wildman–Crippen LogP) is 4.05. The van der Waals surface area contributed by atoms with Crippen LogP contribution in [0, 0.1) is 6.92 Å². The fourth-order valence-corrected chi connectivity index (χ4v) is 4.33. The Morgan fingerprint density at radius 1 is 0.793 bits per heavy atom. The molecule has 0 saturated heterocycles. The molecule has 6 nitrogen and oxygen atoms in total. The molecule has 3 aromatic rings. The molecule has 1 amide bonds. The third kappa shape index (κ3) is 3.95. The molecule has 0 radical (unpaired) electrons. The van der Waals surface area contributed by atoms with E-state index in [1.165, 1.54) is 26.4 Å². The molecule has 0 atom stereocenters. The van der Waals surface area contributed by atoms with Crippen LogP contribution in [-0.4, -0.2) is 28.5 Å². The number of carbonyl (C=O) groups is 1. The second-order valence-electron chi connectivity index (χ2n) is 6.26. The molecule has 3 aromatic carbocycles. The van der Waals surface area contributed by atoms with Crippen molar-refractivity contribution in [2.24, 2.45) is 0 Å². The molecule has 0 aliphatic carbocycles. The molecule has 0 aromatic heterocycles. The first-order chi connectivity index (χ1) is 13.9. The predicted molar refractivity (Wildman–Crippen MR) is 111 cm³/mol. The summed E-state index contributed by atoms with van der Waals surface area (Å²) in [6, 6.07) is 19.3. The number of aryl methyl sites for hydroxylation is 1. The normalized spacial score (nSPS) is 11.0. The average molecular weight is 411 g/mol. The molecule has 0 unspecified atom stereocenters. The Kier molecular flexibility index (Phi) is 5.89. The smallest absolute Gasteiger partial charge is 0.279 e. The molecule has 7 heteroatoms. The summed E-state index contributed by atoms with van der Waals surface area (Å²) in [4.78, 5) is 13.6. The molecule has 0 aliphatic heterocycles. The molecule has 3 rings (SSSR count). The molecule has 0 fully saturated rings. The summed E-state index contributed by atoms with van der Waals surface area (Å²) in [5.41, 5.74) is 1.18. The van der Waals surface area contributed by atoms with E-state index in [1.54, 1.807) is 60.7 Å². The van der Waals surface area contributed by atoms with Crippen molar-refractivity contribution in [2.45, 2.75) is 11.8 Å². The van der Waals surface area contributed by atoms with Crippen LogP contribution in [0.3, 0.4) is 0 Å². The summed E-state index contributed by atoms with van der Waals surface area (Å²) in [5.74, 6) is -0.337.